The first kappa shape index (κ1) is 19.0. The van der Waals surface area contributed by atoms with Crippen LogP contribution < -0.4 is 5.32 Å². The Hall–Kier alpha value is -2.74. The summed E-state index contributed by atoms with van der Waals surface area (Å²) in [7, 11) is 0. The van der Waals surface area contributed by atoms with Crippen molar-refractivity contribution in [2.24, 2.45) is 5.92 Å². The average molecular weight is 388 g/mol. The lowest BCUT2D eigenvalue weighted by Gasteiger charge is -2.18. The highest BCUT2D eigenvalue weighted by Crippen LogP contribution is 2.40. The van der Waals surface area contributed by atoms with Crippen LogP contribution in [0.25, 0.3) is 0 Å². The van der Waals surface area contributed by atoms with Gasteiger partial charge in [0.25, 0.3) is 5.91 Å². The number of carboxylic acid groups (broad SMARTS) is 1. The molecule has 0 aliphatic heterocycles. The quantitative estimate of drug-likeness (QED) is 0.761. The van der Waals surface area contributed by atoms with Gasteiger partial charge in [-0.15, -0.1) is 11.3 Å². The molecular weight excluding hydrogens is 368 g/mol. The number of carboxylic acids is 1. The molecule has 3 rings (SSSR count). The molecule has 2 heterocycles. The van der Waals surface area contributed by atoms with Crippen LogP contribution in [0.15, 0.2) is 18.5 Å². The number of aromatic carboxylic acids is 1. The predicted molar refractivity (Wildman–Crippen MR) is 101 cm³/mol. The Balaban J connectivity index is 1.98. The lowest BCUT2D eigenvalue weighted by Crippen LogP contribution is -2.18. The van der Waals surface area contributed by atoms with Gasteiger partial charge in [-0.05, 0) is 43.7 Å². The van der Waals surface area contributed by atoms with E-state index in [2.05, 4.69) is 17.2 Å². The van der Waals surface area contributed by atoms with Crippen LogP contribution in [0.2, 0.25) is 0 Å². The Morgan fingerprint density at radius 2 is 2.15 bits per heavy atom. The van der Waals surface area contributed by atoms with E-state index in [1.165, 1.54) is 23.6 Å². The SMILES string of the molecule is CCOC(=O)c1c(NC(=O)c2ccncc2C(=O)O)sc2c1CCC(C)C2. The number of hydrogen-bond acceptors (Lipinski definition) is 6. The number of nitrogens with zero attached hydrogens (tertiary/aromatic N) is 1. The highest BCUT2D eigenvalue weighted by molar-refractivity contribution is 7.17. The Morgan fingerprint density at radius 3 is 2.85 bits per heavy atom. The predicted octanol–water partition coefficient (Wildman–Crippen LogP) is 3.40. The maximum absolute atomic E-state index is 12.7. The van der Waals surface area contributed by atoms with E-state index in [4.69, 9.17) is 4.74 Å². The maximum atomic E-state index is 12.7. The molecule has 0 saturated carbocycles. The van der Waals surface area contributed by atoms with Crippen LogP contribution in [0, 0.1) is 5.92 Å². The standard InChI is InChI=1S/C19H20N2O5S/c1-3-26-19(25)15-12-5-4-10(2)8-14(12)27-17(15)21-16(22)11-6-7-20-9-13(11)18(23)24/h6-7,9-10H,3-5,8H2,1-2H3,(H,21,22)(H,23,24). The van der Waals surface area contributed by atoms with Gasteiger partial charge in [-0.1, -0.05) is 6.92 Å². The molecule has 2 N–H and O–H groups in total. The number of anilines is 1. The fourth-order valence-electron chi connectivity index (χ4n) is 3.19. The van der Waals surface area contributed by atoms with Crippen LogP contribution in [0.4, 0.5) is 5.00 Å². The number of rotatable bonds is 5. The molecule has 0 radical (unpaired) electrons. The van der Waals surface area contributed by atoms with Gasteiger partial charge in [0.05, 0.1) is 23.3 Å². The zero-order valence-corrected chi connectivity index (χ0v) is 15.9. The Morgan fingerprint density at radius 1 is 1.37 bits per heavy atom. The number of ether oxygens (including phenoxy) is 1. The number of carbonyl (C=O) groups excluding carboxylic acids is 2. The van der Waals surface area contributed by atoms with Gasteiger partial charge >= 0.3 is 11.9 Å². The van der Waals surface area contributed by atoms with Crippen molar-refractivity contribution < 1.29 is 24.2 Å². The Bertz CT molecular complexity index is 906. The van der Waals surface area contributed by atoms with Crippen molar-refractivity contribution in [1.82, 2.24) is 4.98 Å². The van der Waals surface area contributed by atoms with Gasteiger partial charge in [0.1, 0.15) is 5.00 Å². The first-order valence-corrected chi connectivity index (χ1v) is 9.54. The van der Waals surface area contributed by atoms with Crippen LogP contribution in [-0.2, 0) is 17.6 Å². The summed E-state index contributed by atoms with van der Waals surface area (Å²) in [5, 5.41) is 12.4. The van der Waals surface area contributed by atoms with E-state index in [0.29, 0.717) is 16.5 Å². The number of amides is 1. The topological polar surface area (TPSA) is 106 Å². The van der Waals surface area contributed by atoms with Crippen molar-refractivity contribution in [1.29, 1.82) is 0 Å². The summed E-state index contributed by atoms with van der Waals surface area (Å²) in [5.74, 6) is -1.79. The van der Waals surface area contributed by atoms with Gasteiger partial charge in [0, 0.05) is 17.3 Å². The van der Waals surface area contributed by atoms with Crippen LogP contribution in [0.1, 0.15) is 61.8 Å². The number of aromatic nitrogens is 1. The van der Waals surface area contributed by atoms with Crippen LogP contribution >= 0.6 is 11.3 Å². The van der Waals surface area contributed by atoms with E-state index in [-0.39, 0.29) is 17.7 Å². The van der Waals surface area contributed by atoms with Crippen molar-refractivity contribution in [3.8, 4) is 0 Å². The van der Waals surface area contributed by atoms with E-state index >= 15 is 0 Å². The van der Waals surface area contributed by atoms with Crippen molar-refractivity contribution in [2.45, 2.75) is 33.1 Å². The molecule has 0 bridgehead atoms. The Labute approximate surface area is 160 Å². The molecule has 1 amide bonds. The van der Waals surface area contributed by atoms with Crippen molar-refractivity contribution in [3.63, 3.8) is 0 Å². The van der Waals surface area contributed by atoms with E-state index < -0.39 is 17.8 Å². The molecule has 27 heavy (non-hydrogen) atoms. The third kappa shape index (κ3) is 3.85. The summed E-state index contributed by atoms with van der Waals surface area (Å²) in [6, 6.07) is 1.35. The van der Waals surface area contributed by atoms with E-state index in [0.717, 1.165) is 35.9 Å². The number of esters is 1. The molecule has 7 nitrogen and oxygen atoms in total. The Kier molecular flexibility index (Phi) is 5.55. The molecule has 1 unspecified atom stereocenters. The molecule has 8 heteroatoms. The molecule has 0 spiro atoms. The minimum Gasteiger partial charge on any atom is -0.478 e. The number of nitrogens with one attached hydrogen (secondary N) is 1. The summed E-state index contributed by atoms with van der Waals surface area (Å²) in [5.41, 5.74) is 1.12. The lowest BCUT2D eigenvalue weighted by atomic mass is 9.88. The zero-order chi connectivity index (χ0) is 19.6. The largest absolute Gasteiger partial charge is 0.478 e. The molecule has 1 aliphatic rings. The fraction of sp³-hybridized carbons (Fsp3) is 0.368. The number of pyridine rings is 1. The normalized spacial score (nSPS) is 15.7. The highest BCUT2D eigenvalue weighted by Gasteiger charge is 2.29. The fourth-order valence-corrected chi connectivity index (χ4v) is 4.59. The van der Waals surface area contributed by atoms with Crippen LogP contribution in [0.5, 0.6) is 0 Å². The first-order valence-electron chi connectivity index (χ1n) is 8.72. The third-order valence-electron chi connectivity index (χ3n) is 4.51. The average Bonchev–Trinajstić information content (AvgIpc) is 2.98. The number of fused-ring (bicyclic) bond motifs is 1. The summed E-state index contributed by atoms with van der Waals surface area (Å²) in [6.07, 6.45) is 5.06. The second-order valence-electron chi connectivity index (χ2n) is 6.46. The summed E-state index contributed by atoms with van der Waals surface area (Å²) in [6.45, 7) is 4.12. The maximum Gasteiger partial charge on any atom is 0.341 e. The highest BCUT2D eigenvalue weighted by atomic mass is 32.1. The molecule has 1 atom stereocenters. The van der Waals surface area contributed by atoms with Gasteiger partial charge in [0.15, 0.2) is 0 Å². The van der Waals surface area contributed by atoms with E-state index in [9.17, 15) is 19.5 Å². The van der Waals surface area contributed by atoms with Crippen molar-refractivity contribution in [3.05, 3.63) is 45.6 Å². The van der Waals surface area contributed by atoms with Crippen LogP contribution in [-0.4, -0.2) is 34.5 Å². The second-order valence-corrected chi connectivity index (χ2v) is 7.56. The van der Waals surface area contributed by atoms with E-state index in [1.54, 1.807) is 6.92 Å². The summed E-state index contributed by atoms with van der Waals surface area (Å²) in [4.78, 5) is 41.4. The smallest absolute Gasteiger partial charge is 0.341 e. The lowest BCUT2D eigenvalue weighted by molar-refractivity contribution is 0.0526. The van der Waals surface area contributed by atoms with Gasteiger partial charge < -0.3 is 15.2 Å². The van der Waals surface area contributed by atoms with Gasteiger partial charge in [-0.2, -0.15) is 0 Å². The zero-order valence-electron chi connectivity index (χ0n) is 15.1. The molecule has 0 fully saturated rings. The van der Waals surface area contributed by atoms with Crippen molar-refractivity contribution >= 4 is 34.2 Å². The molecule has 2 aromatic heterocycles. The molecule has 0 saturated heterocycles. The third-order valence-corrected chi connectivity index (χ3v) is 5.68. The van der Waals surface area contributed by atoms with Gasteiger partial charge in [-0.3, -0.25) is 9.78 Å². The minimum atomic E-state index is -1.24. The van der Waals surface area contributed by atoms with Crippen molar-refractivity contribution in [2.75, 3.05) is 11.9 Å². The molecular formula is C19H20N2O5S. The summed E-state index contributed by atoms with van der Waals surface area (Å²) < 4.78 is 5.18. The minimum absolute atomic E-state index is 0.00736. The van der Waals surface area contributed by atoms with Gasteiger partial charge in [-0.25, -0.2) is 9.59 Å². The number of hydrogen-bond donors (Lipinski definition) is 2. The molecule has 142 valence electrons. The van der Waals surface area contributed by atoms with E-state index in [1.807, 2.05) is 0 Å². The summed E-state index contributed by atoms with van der Waals surface area (Å²) >= 11 is 1.36. The number of carbonyl (C=O) groups is 3. The first-order chi connectivity index (χ1) is 12.9. The molecule has 0 aromatic carbocycles. The van der Waals surface area contributed by atoms with Gasteiger partial charge in [0.2, 0.25) is 0 Å². The monoisotopic (exact) mass is 388 g/mol. The van der Waals surface area contributed by atoms with Crippen LogP contribution in [0.3, 0.4) is 0 Å². The number of thiophene rings is 1. The second kappa shape index (κ2) is 7.87. The molecule has 1 aliphatic carbocycles. The molecule has 2 aromatic rings.